The molecule has 2 aromatic rings. The van der Waals surface area contributed by atoms with E-state index in [-0.39, 0.29) is 16.7 Å². The van der Waals surface area contributed by atoms with Gasteiger partial charge in [0.2, 0.25) is 5.22 Å². The first-order chi connectivity index (χ1) is 7.09. The van der Waals surface area contributed by atoms with Gasteiger partial charge in [0.25, 0.3) is 0 Å². The highest BCUT2D eigenvalue weighted by Crippen LogP contribution is 2.32. The zero-order valence-corrected chi connectivity index (χ0v) is 8.82. The van der Waals surface area contributed by atoms with E-state index < -0.39 is 0 Å². The molecule has 2 heterocycles. The van der Waals surface area contributed by atoms with Gasteiger partial charge in [0.1, 0.15) is 0 Å². The van der Waals surface area contributed by atoms with Gasteiger partial charge in [0.15, 0.2) is 11.5 Å². The molecule has 1 N–H and O–H groups in total. The van der Waals surface area contributed by atoms with Crippen LogP contribution in [0.2, 0.25) is 5.22 Å². The number of furan rings is 1. The van der Waals surface area contributed by atoms with Crippen LogP contribution in [0.5, 0.6) is 0 Å². The molecule has 0 atom stereocenters. The van der Waals surface area contributed by atoms with Gasteiger partial charge < -0.3 is 9.52 Å². The number of aromatic nitrogens is 2. The zero-order valence-electron chi connectivity index (χ0n) is 8.07. The third-order valence-corrected chi connectivity index (χ3v) is 2.35. The van der Waals surface area contributed by atoms with Gasteiger partial charge in [0, 0.05) is 13.2 Å². The number of hydrogen-bond acceptors (Lipinski definition) is 3. The van der Waals surface area contributed by atoms with E-state index in [4.69, 9.17) is 21.1 Å². The number of aliphatic hydroxyl groups excluding tert-OH is 1. The third kappa shape index (κ3) is 1.64. The van der Waals surface area contributed by atoms with E-state index >= 15 is 0 Å². The van der Waals surface area contributed by atoms with Crippen molar-refractivity contribution in [2.75, 3.05) is 0 Å². The Balaban J connectivity index is 2.54. The second-order valence-electron chi connectivity index (χ2n) is 3.08. The summed E-state index contributed by atoms with van der Waals surface area (Å²) >= 11 is 5.89. The minimum absolute atomic E-state index is 0.148. The predicted molar refractivity (Wildman–Crippen MR) is 57.6 cm³/mol. The fourth-order valence-electron chi connectivity index (χ4n) is 1.32. The van der Waals surface area contributed by atoms with Crippen LogP contribution < -0.4 is 0 Å². The van der Waals surface area contributed by atoms with Gasteiger partial charge in [-0.15, -0.1) is 0 Å². The van der Waals surface area contributed by atoms with Gasteiger partial charge in [-0.05, 0) is 23.7 Å². The number of aliphatic hydroxyl groups is 1. The van der Waals surface area contributed by atoms with Crippen LogP contribution in [0.25, 0.3) is 17.0 Å². The van der Waals surface area contributed by atoms with E-state index in [2.05, 4.69) is 11.7 Å². The molecule has 0 unspecified atom stereocenters. The van der Waals surface area contributed by atoms with Gasteiger partial charge in [-0.1, -0.05) is 6.58 Å². The summed E-state index contributed by atoms with van der Waals surface area (Å²) in [5.41, 5.74) is 1.50. The van der Waals surface area contributed by atoms with Crippen molar-refractivity contribution in [3.63, 3.8) is 0 Å². The van der Waals surface area contributed by atoms with E-state index in [0.717, 1.165) is 5.69 Å². The minimum atomic E-state index is -0.148. The number of rotatable bonds is 2. The van der Waals surface area contributed by atoms with Crippen LogP contribution in [-0.2, 0) is 7.05 Å². The molecule has 0 aliphatic carbocycles. The lowest BCUT2D eigenvalue weighted by Crippen LogP contribution is -1.92. The molecule has 5 heteroatoms. The van der Waals surface area contributed by atoms with Crippen molar-refractivity contribution >= 4 is 17.4 Å². The number of nitrogens with zero attached hydrogens (tertiary/aromatic N) is 2. The van der Waals surface area contributed by atoms with E-state index in [1.54, 1.807) is 30.1 Å². The topological polar surface area (TPSA) is 51.2 Å². The maximum absolute atomic E-state index is 9.16. The van der Waals surface area contributed by atoms with E-state index in [9.17, 15) is 0 Å². The maximum Gasteiger partial charge on any atom is 0.203 e. The molecule has 78 valence electrons. The maximum atomic E-state index is 9.16. The Labute approximate surface area is 91.4 Å². The molecule has 0 bridgehead atoms. The standard InChI is InChI=1S/C10H9ClN2O2/c1-6(14)9-5-7(10(11)15-9)8-3-4-12-13(8)2/h3-5,14H,1H2,2H3. The molecule has 0 radical (unpaired) electrons. The molecule has 2 rings (SSSR count). The molecular formula is C10H9ClN2O2. The van der Waals surface area contributed by atoms with Gasteiger partial charge >= 0.3 is 0 Å². The Hall–Kier alpha value is -1.68. The molecule has 0 fully saturated rings. The molecule has 2 aromatic heterocycles. The lowest BCUT2D eigenvalue weighted by atomic mass is 10.2. The number of halogens is 1. The lowest BCUT2D eigenvalue weighted by Gasteiger charge is -1.96. The van der Waals surface area contributed by atoms with Crippen molar-refractivity contribution in [1.82, 2.24) is 9.78 Å². The van der Waals surface area contributed by atoms with Crippen molar-refractivity contribution in [3.8, 4) is 11.3 Å². The summed E-state index contributed by atoms with van der Waals surface area (Å²) in [6.45, 7) is 3.36. The van der Waals surface area contributed by atoms with Crippen LogP contribution in [0.3, 0.4) is 0 Å². The molecule has 15 heavy (non-hydrogen) atoms. The minimum Gasteiger partial charge on any atom is -0.505 e. The average molecular weight is 225 g/mol. The second-order valence-corrected chi connectivity index (χ2v) is 3.43. The number of aryl methyl sites for hydroxylation is 1. The Morgan fingerprint density at radius 1 is 1.67 bits per heavy atom. The van der Waals surface area contributed by atoms with Crippen LogP contribution >= 0.6 is 11.6 Å². The normalized spacial score (nSPS) is 10.5. The van der Waals surface area contributed by atoms with E-state index in [1.165, 1.54) is 0 Å². The third-order valence-electron chi connectivity index (χ3n) is 2.07. The Bertz CT molecular complexity index is 513. The molecule has 0 saturated carbocycles. The van der Waals surface area contributed by atoms with E-state index in [0.29, 0.717) is 5.56 Å². The highest BCUT2D eigenvalue weighted by Gasteiger charge is 2.14. The highest BCUT2D eigenvalue weighted by molar-refractivity contribution is 6.31. The predicted octanol–water partition coefficient (Wildman–Crippen LogP) is 2.86. The zero-order chi connectivity index (χ0) is 11.0. The van der Waals surface area contributed by atoms with Crippen LogP contribution in [0.4, 0.5) is 0 Å². The molecule has 0 amide bonds. The molecule has 0 spiro atoms. The van der Waals surface area contributed by atoms with Gasteiger partial charge in [-0.25, -0.2) is 0 Å². The van der Waals surface area contributed by atoms with Crippen LogP contribution in [0, 0.1) is 0 Å². The summed E-state index contributed by atoms with van der Waals surface area (Å²) in [5.74, 6) is 0.113. The fourth-order valence-corrected chi connectivity index (χ4v) is 1.56. The first kappa shape index (κ1) is 9.86. The lowest BCUT2D eigenvalue weighted by molar-refractivity contribution is 0.461. The fraction of sp³-hybridized carbons (Fsp3) is 0.100. The molecule has 0 aromatic carbocycles. The largest absolute Gasteiger partial charge is 0.505 e. The SMILES string of the molecule is C=C(O)c1cc(-c2ccnn2C)c(Cl)o1. The highest BCUT2D eigenvalue weighted by atomic mass is 35.5. The molecule has 4 nitrogen and oxygen atoms in total. The Morgan fingerprint density at radius 3 is 2.87 bits per heavy atom. The van der Waals surface area contributed by atoms with Crippen LogP contribution in [-0.4, -0.2) is 14.9 Å². The summed E-state index contributed by atoms with van der Waals surface area (Å²) in [6.07, 6.45) is 1.66. The second kappa shape index (κ2) is 3.47. The molecule has 0 aliphatic heterocycles. The molecule has 0 saturated heterocycles. The summed E-state index contributed by atoms with van der Waals surface area (Å²) in [5, 5.41) is 13.4. The Kier molecular flexibility index (Phi) is 2.28. The molecule has 0 aliphatic rings. The first-order valence-electron chi connectivity index (χ1n) is 4.25. The summed E-state index contributed by atoms with van der Waals surface area (Å²) in [7, 11) is 1.80. The van der Waals surface area contributed by atoms with Crippen molar-refractivity contribution in [1.29, 1.82) is 0 Å². The quantitative estimate of drug-likeness (QED) is 0.798. The summed E-state index contributed by atoms with van der Waals surface area (Å²) in [4.78, 5) is 0. The molecular weight excluding hydrogens is 216 g/mol. The Morgan fingerprint density at radius 2 is 2.40 bits per heavy atom. The van der Waals surface area contributed by atoms with Gasteiger partial charge in [-0.2, -0.15) is 5.10 Å². The smallest absolute Gasteiger partial charge is 0.203 e. The van der Waals surface area contributed by atoms with Crippen molar-refractivity contribution < 1.29 is 9.52 Å². The van der Waals surface area contributed by atoms with Crippen LogP contribution in [0.1, 0.15) is 5.76 Å². The van der Waals surface area contributed by atoms with Crippen molar-refractivity contribution in [2.24, 2.45) is 7.05 Å². The van der Waals surface area contributed by atoms with Gasteiger partial charge in [-0.3, -0.25) is 4.68 Å². The summed E-state index contributed by atoms with van der Waals surface area (Å²) < 4.78 is 6.80. The van der Waals surface area contributed by atoms with E-state index in [1.807, 2.05) is 0 Å². The van der Waals surface area contributed by atoms with Crippen LogP contribution in [0.15, 0.2) is 29.3 Å². The van der Waals surface area contributed by atoms with Crippen molar-refractivity contribution in [3.05, 3.63) is 35.9 Å². The first-order valence-corrected chi connectivity index (χ1v) is 4.63. The monoisotopic (exact) mass is 224 g/mol. The van der Waals surface area contributed by atoms with Crippen molar-refractivity contribution in [2.45, 2.75) is 0 Å². The average Bonchev–Trinajstić information content (AvgIpc) is 2.71. The number of hydrogen-bond donors (Lipinski definition) is 1. The summed E-state index contributed by atoms with van der Waals surface area (Å²) in [6, 6.07) is 3.43. The van der Waals surface area contributed by atoms with Gasteiger partial charge in [0.05, 0.1) is 11.3 Å².